The van der Waals surface area contributed by atoms with Gasteiger partial charge in [0.2, 0.25) is 11.8 Å². The van der Waals surface area contributed by atoms with Crippen LogP contribution in [0, 0.1) is 19.3 Å². The molecule has 0 bridgehead atoms. The van der Waals surface area contributed by atoms with E-state index in [1.54, 1.807) is 20.3 Å². The Kier molecular flexibility index (Phi) is 3.00. The van der Waals surface area contributed by atoms with Gasteiger partial charge in [0.1, 0.15) is 0 Å². The Morgan fingerprint density at radius 2 is 2.46 bits per heavy atom. The molecule has 13 heavy (non-hydrogen) atoms. The topological polar surface area (TPSA) is 82.0 Å². The highest BCUT2D eigenvalue weighted by atomic mass is 16.5. The molecular formula is C8H12N3O2. The highest BCUT2D eigenvalue weighted by Gasteiger charge is 2.11. The zero-order valence-corrected chi connectivity index (χ0v) is 7.65. The molecule has 2 N–H and O–H groups in total. The van der Waals surface area contributed by atoms with Gasteiger partial charge in [0.05, 0.1) is 0 Å². The van der Waals surface area contributed by atoms with Crippen molar-refractivity contribution < 1.29 is 9.32 Å². The summed E-state index contributed by atoms with van der Waals surface area (Å²) in [6, 6.07) is 0. The predicted molar refractivity (Wildman–Crippen MR) is 45.4 cm³/mol. The average Bonchev–Trinajstić information content (AvgIpc) is 2.47. The van der Waals surface area contributed by atoms with Crippen molar-refractivity contribution in [2.45, 2.75) is 20.3 Å². The molecule has 1 rings (SSSR count). The van der Waals surface area contributed by atoms with Gasteiger partial charge in [0.25, 0.3) is 0 Å². The highest BCUT2D eigenvalue weighted by Crippen LogP contribution is 2.08. The fourth-order valence-electron chi connectivity index (χ4n) is 0.796. The van der Waals surface area contributed by atoms with Crippen molar-refractivity contribution >= 4 is 5.91 Å². The molecular weight excluding hydrogens is 170 g/mol. The molecule has 0 saturated carbocycles. The SMILES string of the molecule is Cc1nc([CH]C[C@H](C)C(N)=O)no1. The van der Waals surface area contributed by atoms with E-state index in [0.29, 0.717) is 18.1 Å². The van der Waals surface area contributed by atoms with Gasteiger partial charge in [-0.1, -0.05) is 12.1 Å². The quantitative estimate of drug-likeness (QED) is 0.732. The van der Waals surface area contributed by atoms with Crippen LogP contribution in [0.25, 0.3) is 0 Å². The van der Waals surface area contributed by atoms with Gasteiger partial charge in [-0.15, -0.1) is 0 Å². The summed E-state index contributed by atoms with van der Waals surface area (Å²) in [4.78, 5) is 14.6. The first kappa shape index (κ1) is 9.70. The fraction of sp³-hybridized carbons (Fsp3) is 0.500. The molecule has 0 spiro atoms. The summed E-state index contributed by atoms with van der Waals surface area (Å²) in [5.41, 5.74) is 5.08. The Labute approximate surface area is 76.3 Å². The van der Waals surface area contributed by atoms with Gasteiger partial charge in [0.15, 0.2) is 5.82 Å². The predicted octanol–water partition coefficient (Wildman–Crippen LogP) is 0.442. The van der Waals surface area contributed by atoms with Crippen LogP contribution < -0.4 is 5.73 Å². The second-order valence-corrected chi connectivity index (χ2v) is 2.91. The van der Waals surface area contributed by atoms with E-state index in [1.807, 2.05) is 0 Å². The monoisotopic (exact) mass is 182 g/mol. The Bertz CT molecular complexity index is 295. The molecule has 1 atom stereocenters. The van der Waals surface area contributed by atoms with E-state index in [-0.39, 0.29) is 11.8 Å². The molecule has 1 aromatic rings. The van der Waals surface area contributed by atoms with Gasteiger partial charge in [-0.2, -0.15) is 4.98 Å². The number of carbonyl (C=O) groups excluding carboxylic acids is 1. The van der Waals surface area contributed by atoms with Crippen LogP contribution in [0.2, 0.25) is 0 Å². The van der Waals surface area contributed by atoms with Crippen LogP contribution in [-0.4, -0.2) is 16.0 Å². The molecule has 0 aromatic carbocycles. The third-order valence-corrected chi connectivity index (χ3v) is 1.68. The zero-order chi connectivity index (χ0) is 9.84. The smallest absolute Gasteiger partial charge is 0.223 e. The van der Waals surface area contributed by atoms with Gasteiger partial charge in [0, 0.05) is 19.3 Å². The largest absolute Gasteiger partial charge is 0.369 e. The number of nitrogens with two attached hydrogens (primary N) is 1. The lowest BCUT2D eigenvalue weighted by Gasteiger charge is -2.02. The summed E-state index contributed by atoms with van der Waals surface area (Å²) < 4.78 is 4.75. The number of aryl methyl sites for hydroxylation is 1. The van der Waals surface area contributed by atoms with Crippen LogP contribution in [0.1, 0.15) is 25.1 Å². The van der Waals surface area contributed by atoms with Gasteiger partial charge < -0.3 is 10.3 Å². The second-order valence-electron chi connectivity index (χ2n) is 2.91. The van der Waals surface area contributed by atoms with Gasteiger partial charge in [-0.25, -0.2) is 0 Å². The number of aromatic nitrogens is 2. The summed E-state index contributed by atoms with van der Waals surface area (Å²) in [5.74, 6) is 0.499. The highest BCUT2D eigenvalue weighted by molar-refractivity contribution is 5.76. The van der Waals surface area contributed by atoms with Crippen molar-refractivity contribution in [2.75, 3.05) is 0 Å². The number of rotatable bonds is 4. The van der Waals surface area contributed by atoms with Crippen LogP contribution in [0.5, 0.6) is 0 Å². The van der Waals surface area contributed by atoms with Gasteiger partial charge in [-0.3, -0.25) is 4.79 Å². The molecule has 0 unspecified atom stereocenters. The number of hydrogen-bond acceptors (Lipinski definition) is 4. The molecule has 0 aliphatic rings. The Hall–Kier alpha value is -1.39. The summed E-state index contributed by atoms with van der Waals surface area (Å²) in [6.07, 6.45) is 2.26. The zero-order valence-electron chi connectivity index (χ0n) is 7.65. The van der Waals surface area contributed by atoms with Crippen molar-refractivity contribution in [2.24, 2.45) is 11.7 Å². The maximum atomic E-state index is 10.7. The van der Waals surface area contributed by atoms with Gasteiger partial charge in [-0.05, 0) is 6.42 Å². The van der Waals surface area contributed by atoms with E-state index < -0.39 is 0 Å². The summed E-state index contributed by atoms with van der Waals surface area (Å²) in [6.45, 7) is 3.47. The van der Waals surface area contributed by atoms with E-state index in [1.165, 1.54) is 0 Å². The number of primary amides is 1. The first-order valence-corrected chi connectivity index (χ1v) is 4.02. The van der Waals surface area contributed by atoms with E-state index in [0.717, 1.165) is 0 Å². The third-order valence-electron chi connectivity index (χ3n) is 1.68. The van der Waals surface area contributed by atoms with Crippen molar-refractivity contribution in [3.05, 3.63) is 18.1 Å². The molecule has 0 aliphatic heterocycles. The third kappa shape index (κ3) is 2.85. The van der Waals surface area contributed by atoms with Crippen molar-refractivity contribution in [1.29, 1.82) is 0 Å². The van der Waals surface area contributed by atoms with Crippen LogP contribution in [0.4, 0.5) is 0 Å². The number of nitrogens with zero attached hydrogens (tertiary/aromatic N) is 2. The lowest BCUT2D eigenvalue weighted by Crippen LogP contribution is -2.20. The van der Waals surface area contributed by atoms with Crippen LogP contribution >= 0.6 is 0 Å². The molecule has 0 saturated heterocycles. The molecule has 1 radical (unpaired) electrons. The standard InChI is InChI=1S/C8H12N3O2/c1-5(8(9)12)3-4-7-10-6(2)13-11-7/h4-5H,3H2,1-2H3,(H2,9,12)/t5-/m0/s1. The maximum absolute atomic E-state index is 10.7. The molecule has 0 fully saturated rings. The normalized spacial score (nSPS) is 12.8. The fourth-order valence-corrected chi connectivity index (χ4v) is 0.796. The number of hydrogen-bond donors (Lipinski definition) is 1. The van der Waals surface area contributed by atoms with E-state index in [9.17, 15) is 4.79 Å². The van der Waals surface area contributed by atoms with Crippen LogP contribution in [-0.2, 0) is 4.79 Å². The Balaban J connectivity index is 2.39. The van der Waals surface area contributed by atoms with Crippen molar-refractivity contribution in [3.8, 4) is 0 Å². The molecule has 5 heteroatoms. The molecule has 5 nitrogen and oxygen atoms in total. The Morgan fingerprint density at radius 3 is 2.92 bits per heavy atom. The van der Waals surface area contributed by atoms with Gasteiger partial charge >= 0.3 is 0 Å². The molecule has 0 aliphatic carbocycles. The minimum absolute atomic E-state index is 0.196. The maximum Gasteiger partial charge on any atom is 0.223 e. The molecule has 1 amide bonds. The summed E-state index contributed by atoms with van der Waals surface area (Å²) in [7, 11) is 0. The number of carbonyl (C=O) groups is 1. The second kappa shape index (κ2) is 4.02. The minimum Gasteiger partial charge on any atom is -0.369 e. The molecule has 1 aromatic heterocycles. The summed E-state index contributed by atoms with van der Waals surface area (Å²) in [5, 5.41) is 3.65. The first-order valence-electron chi connectivity index (χ1n) is 4.02. The summed E-state index contributed by atoms with van der Waals surface area (Å²) >= 11 is 0. The van der Waals surface area contributed by atoms with Crippen molar-refractivity contribution in [1.82, 2.24) is 10.1 Å². The minimum atomic E-state index is -0.323. The Morgan fingerprint density at radius 1 is 1.77 bits per heavy atom. The lowest BCUT2D eigenvalue weighted by atomic mass is 10.1. The molecule has 1 heterocycles. The van der Waals surface area contributed by atoms with Crippen LogP contribution in [0.15, 0.2) is 4.52 Å². The molecule has 71 valence electrons. The number of amides is 1. The average molecular weight is 182 g/mol. The van der Waals surface area contributed by atoms with Crippen LogP contribution in [0.3, 0.4) is 0 Å². The van der Waals surface area contributed by atoms with E-state index in [2.05, 4.69) is 10.1 Å². The first-order chi connectivity index (χ1) is 6.09. The lowest BCUT2D eigenvalue weighted by molar-refractivity contribution is -0.121. The van der Waals surface area contributed by atoms with E-state index >= 15 is 0 Å². The van der Waals surface area contributed by atoms with Crippen molar-refractivity contribution in [3.63, 3.8) is 0 Å². The van der Waals surface area contributed by atoms with E-state index in [4.69, 9.17) is 10.3 Å².